The summed E-state index contributed by atoms with van der Waals surface area (Å²) in [5, 5.41) is 1.08. The highest BCUT2D eigenvalue weighted by Crippen LogP contribution is 2.31. The van der Waals surface area contributed by atoms with Crippen molar-refractivity contribution in [3.63, 3.8) is 0 Å². The second kappa shape index (κ2) is 5.61. The van der Waals surface area contributed by atoms with Gasteiger partial charge in [-0.25, -0.2) is 0 Å². The van der Waals surface area contributed by atoms with Gasteiger partial charge in [-0.1, -0.05) is 35.3 Å². The maximum Gasteiger partial charge on any atom is 0.119 e. The molecule has 2 aromatic rings. The minimum atomic E-state index is 0.437. The fraction of sp³-hybridized carbons (Fsp3) is 0.143. The van der Waals surface area contributed by atoms with Gasteiger partial charge in [-0.05, 0) is 41.0 Å². The average molecular weight is 282 g/mol. The fourth-order valence-electron chi connectivity index (χ4n) is 1.81. The molecule has 0 bridgehead atoms. The summed E-state index contributed by atoms with van der Waals surface area (Å²) in [5.41, 5.74) is 8.80. The van der Waals surface area contributed by atoms with Crippen molar-refractivity contribution in [2.45, 2.75) is 6.54 Å². The van der Waals surface area contributed by atoms with Gasteiger partial charge in [-0.15, -0.1) is 0 Å². The van der Waals surface area contributed by atoms with E-state index in [0.29, 0.717) is 16.6 Å². The molecule has 94 valence electrons. The average Bonchev–Trinajstić information content (AvgIpc) is 2.41. The van der Waals surface area contributed by atoms with Crippen molar-refractivity contribution in [3.05, 3.63) is 52.0 Å². The quantitative estimate of drug-likeness (QED) is 0.918. The molecule has 4 heteroatoms. The van der Waals surface area contributed by atoms with Gasteiger partial charge in [0.2, 0.25) is 0 Å². The van der Waals surface area contributed by atoms with Crippen LogP contribution in [0.1, 0.15) is 5.56 Å². The summed E-state index contributed by atoms with van der Waals surface area (Å²) in [6, 6.07) is 11.3. The van der Waals surface area contributed by atoms with Crippen LogP contribution < -0.4 is 10.5 Å². The predicted octanol–water partition coefficient (Wildman–Crippen LogP) is 4.13. The number of nitrogens with two attached hydrogens (primary N) is 1. The number of ether oxygens (including phenoxy) is 1. The molecule has 0 aliphatic rings. The third-order valence-corrected chi connectivity index (χ3v) is 3.50. The lowest BCUT2D eigenvalue weighted by atomic mass is 9.99. The highest BCUT2D eigenvalue weighted by Gasteiger charge is 2.07. The maximum atomic E-state index is 6.03. The highest BCUT2D eigenvalue weighted by atomic mass is 35.5. The molecule has 0 radical (unpaired) electrons. The maximum absolute atomic E-state index is 6.03. The van der Waals surface area contributed by atoms with Crippen LogP contribution in [0.25, 0.3) is 11.1 Å². The van der Waals surface area contributed by atoms with Crippen molar-refractivity contribution < 1.29 is 4.74 Å². The number of hydrogen-bond acceptors (Lipinski definition) is 2. The first-order chi connectivity index (χ1) is 8.65. The number of benzene rings is 2. The zero-order valence-corrected chi connectivity index (χ0v) is 11.4. The van der Waals surface area contributed by atoms with Gasteiger partial charge >= 0.3 is 0 Å². The first kappa shape index (κ1) is 13.2. The van der Waals surface area contributed by atoms with Crippen molar-refractivity contribution >= 4 is 23.2 Å². The summed E-state index contributed by atoms with van der Waals surface area (Å²) in [6.07, 6.45) is 0. The van der Waals surface area contributed by atoms with E-state index in [1.807, 2.05) is 30.3 Å². The molecule has 0 heterocycles. The van der Waals surface area contributed by atoms with Crippen LogP contribution in [0.15, 0.2) is 36.4 Å². The van der Waals surface area contributed by atoms with E-state index in [-0.39, 0.29) is 0 Å². The van der Waals surface area contributed by atoms with Crippen molar-refractivity contribution in [1.82, 2.24) is 0 Å². The molecule has 18 heavy (non-hydrogen) atoms. The Hall–Kier alpha value is -1.22. The van der Waals surface area contributed by atoms with Crippen LogP contribution in [-0.2, 0) is 6.54 Å². The Bertz CT molecular complexity index is 570. The van der Waals surface area contributed by atoms with Crippen molar-refractivity contribution in [2.24, 2.45) is 5.73 Å². The zero-order chi connectivity index (χ0) is 13.1. The molecule has 0 aliphatic heterocycles. The first-order valence-electron chi connectivity index (χ1n) is 5.48. The lowest BCUT2D eigenvalue weighted by Gasteiger charge is -2.11. The molecule has 0 saturated carbocycles. The zero-order valence-electron chi connectivity index (χ0n) is 9.91. The third kappa shape index (κ3) is 2.61. The van der Waals surface area contributed by atoms with Crippen molar-refractivity contribution in [1.29, 1.82) is 0 Å². The van der Waals surface area contributed by atoms with Gasteiger partial charge in [0.1, 0.15) is 5.75 Å². The second-order valence-corrected chi connectivity index (χ2v) is 4.67. The first-order valence-corrected chi connectivity index (χ1v) is 6.23. The van der Waals surface area contributed by atoms with E-state index in [2.05, 4.69) is 0 Å². The predicted molar refractivity (Wildman–Crippen MR) is 76.3 cm³/mol. The van der Waals surface area contributed by atoms with Gasteiger partial charge in [0.25, 0.3) is 0 Å². The SMILES string of the molecule is COc1ccc(-c2ccc(Cl)c(Cl)c2)c(CN)c1. The Balaban J connectivity index is 2.52. The van der Waals surface area contributed by atoms with E-state index in [9.17, 15) is 0 Å². The van der Waals surface area contributed by atoms with Crippen LogP contribution in [0.3, 0.4) is 0 Å². The van der Waals surface area contributed by atoms with Gasteiger partial charge < -0.3 is 10.5 Å². The molecule has 0 aromatic heterocycles. The van der Waals surface area contributed by atoms with Gasteiger partial charge in [-0.2, -0.15) is 0 Å². The normalized spacial score (nSPS) is 10.4. The molecule has 0 amide bonds. The molecule has 0 aliphatic carbocycles. The minimum Gasteiger partial charge on any atom is -0.497 e. The number of rotatable bonds is 3. The number of hydrogen-bond donors (Lipinski definition) is 1. The molecule has 0 atom stereocenters. The van der Waals surface area contributed by atoms with Gasteiger partial charge in [0.05, 0.1) is 17.2 Å². The lowest BCUT2D eigenvalue weighted by Crippen LogP contribution is -1.99. The Morgan fingerprint density at radius 2 is 1.83 bits per heavy atom. The van der Waals surface area contributed by atoms with Crippen LogP contribution in [0.5, 0.6) is 5.75 Å². The molecule has 2 aromatic carbocycles. The minimum absolute atomic E-state index is 0.437. The monoisotopic (exact) mass is 281 g/mol. The standard InChI is InChI=1S/C14H13Cl2NO/c1-18-11-3-4-12(10(6-11)8-17)9-2-5-13(15)14(16)7-9/h2-7H,8,17H2,1H3. The van der Waals surface area contributed by atoms with Gasteiger partial charge in [-0.3, -0.25) is 0 Å². The largest absolute Gasteiger partial charge is 0.497 e. The molecule has 0 spiro atoms. The topological polar surface area (TPSA) is 35.2 Å². The lowest BCUT2D eigenvalue weighted by molar-refractivity contribution is 0.414. The molecular formula is C14H13Cl2NO. The summed E-state index contributed by atoms with van der Waals surface area (Å²) in [4.78, 5) is 0. The van der Waals surface area contributed by atoms with E-state index < -0.39 is 0 Å². The van der Waals surface area contributed by atoms with Crippen LogP contribution in [0, 0.1) is 0 Å². The van der Waals surface area contributed by atoms with E-state index in [1.165, 1.54) is 0 Å². The molecule has 2 rings (SSSR count). The van der Waals surface area contributed by atoms with Crippen LogP contribution in [-0.4, -0.2) is 7.11 Å². The summed E-state index contributed by atoms with van der Waals surface area (Å²) >= 11 is 11.9. The Morgan fingerprint density at radius 3 is 2.44 bits per heavy atom. The van der Waals surface area contributed by atoms with Crippen LogP contribution in [0.4, 0.5) is 0 Å². The molecule has 0 fully saturated rings. The third-order valence-electron chi connectivity index (χ3n) is 2.76. The van der Waals surface area contributed by atoms with E-state index >= 15 is 0 Å². The van der Waals surface area contributed by atoms with Crippen molar-refractivity contribution in [3.8, 4) is 16.9 Å². The van der Waals surface area contributed by atoms with E-state index in [0.717, 1.165) is 22.4 Å². The van der Waals surface area contributed by atoms with Gasteiger partial charge in [0, 0.05) is 6.54 Å². The Kier molecular flexibility index (Phi) is 4.12. The van der Waals surface area contributed by atoms with E-state index in [4.69, 9.17) is 33.7 Å². The number of halogens is 2. The second-order valence-electron chi connectivity index (χ2n) is 3.86. The molecular weight excluding hydrogens is 269 g/mol. The van der Waals surface area contributed by atoms with Gasteiger partial charge in [0.15, 0.2) is 0 Å². The van der Waals surface area contributed by atoms with Crippen molar-refractivity contribution in [2.75, 3.05) is 7.11 Å². The molecule has 2 N–H and O–H groups in total. The number of methoxy groups -OCH3 is 1. The van der Waals surface area contributed by atoms with Crippen LogP contribution in [0.2, 0.25) is 10.0 Å². The van der Waals surface area contributed by atoms with Crippen LogP contribution >= 0.6 is 23.2 Å². The molecule has 2 nitrogen and oxygen atoms in total. The summed E-state index contributed by atoms with van der Waals surface area (Å²) in [7, 11) is 1.63. The molecule has 0 unspecified atom stereocenters. The molecule has 0 saturated heterocycles. The van der Waals surface area contributed by atoms with E-state index in [1.54, 1.807) is 13.2 Å². The summed E-state index contributed by atoms with van der Waals surface area (Å²) in [6.45, 7) is 0.437. The summed E-state index contributed by atoms with van der Waals surface area (Å²) < 4.78 is 5.19. The highest BCUT2D eigenvalue weighted by molar-refractivity contribution is 6.42. The fourth-order valence-corrected chi connectivity index (χ4v) is 2.11. The Morgan fingerprint density at radius 1 is 1.06 bits per heavy atom. The smallest absolute Gasteiger partial charge is 0.119 e. The Labute approximate surface area is 116 Å². The summed E-state index contributed by atoms with van der Waals surface area (Å²) in [5.74, 6) is 0.791.